The van der Waals surface area contributed by atoms with Crippen LogP contribution < -0.4 is 5.73 Å². The third kappa shape index (κ3) is 2.52. The van der Waals surface area contributed by atoms with Gasteiger partial charge < -0.3 is 10.6 Å². The number of amides is 1. The number of aromatic nitrogens is 1. The molecular weight excluding hydrogens is 238 g/mol. The van der Waals surface area contributed by atoms with Gasteiger partial charge in [-0.3, -0.25) is 4.79 Å². The van der Waals surface area contributed by atoms with Gasteiger partial charge in [0.1, 0.15) is 11.5 Å². The third-order valence-corrected chi connectivity index (χ3v) is 3.57. The number of nitrogens with two attached hydrogens (primary N) is 1. The molecule has 1 aromatic rings. The molecule has 0 aliphatic heterocycles. The Balaban J connectivity index is 2.20. The first-order valence-corrected chi connectivity index (χ1v) is 6.16. The molecule has 0 saturated heterocycles. The van der Waals surface area contributed by atoms with Crippen LogP contribution in [0.3, 0.4) is 0 Å². The second kappa shape index (κ2) is 4.92. The van der Waals surface area contributed by atoms with Crippen LogP contribution in [0.15, 0.2) is 12.1 Å². The van der Waals surface area contributed by atoms with Crippen LogP contribution in [0, 0.1) is 0 Å². The Morgan fingerprint density at radius 3 is 2.76 bits per heavy atom. The topological polar surface area (TPSA) is 59.2 Å². The third-order valence-electron chi connectivity index (χ3n) is 3.26. The van der Waals surface area contributed by atoms with Crippen molar-refractivity contribution < 1.29 is 4.79 Å². The van der Waals surface area contributed by atoms with Gasteiger partial charge in [-0.2, -0.15) is 0 Å². The molecule has 1 fully saturated rings. The molecule has 0 atom stereocenters. The second-order valence-corrected chi connectivity index (χ2v) is 4.83. The van der Waals surface area contributed by atoms with Gasteiger partial charge in [0.2, 0.25) is 0 Å². The first kappa shape index (κ1) is 12.2. The largest absolute Gasteiger partial charge is 0.384 e. The number of pyridine rings is 1. The fourth-order valence-corrected chi connectivity index (χ4v) is 2.42. The molecule has 92 valence electrons. The lowest BCUT2D eigenvalue weighted by Gasteiger charge is -2.24. The maximum Gasteiger partial charge on any atom is 0.274 e. The molecule has 1 saturated carbocycles. The van der Waals surface area contributed by atoms with E-state index in [4.69, 9.17) is 17.3 Å². The van der Waals surface area contributed by atoms with E-state index < -0.39 is 0 Å². The SMILES string of the molecule is CN(C(=O)c1nc(N)ccc1Cl)C1CCCC1. The molecular formula is C12H16ClN3O. The van der Waals surface area contributed by atoms with Crippen molar-refractivity contribution in [1.29, 1.82) is 0 Å². The summed E-state index contributed by atoms with van der Waals surface area (Å²) in [6, 6.07) is 3.51. The van der Waals surface area contributed by atoms with Crippen LogP contribution in [-0.2, 0) is 0 Å². The number of carbonyl (C=O) groups excluding carboxylic acids is 1. The highest BCUT2D eigenvalue weighted by Crippen LogP contribution is 2.25. The van der Waals surface area contributed by atoms with E-state index in [1.165, 1.54) is 12.8 Å². The summed E-state index contributed by atoms with van der Waals surface area (Å²) in [7, 11) is 1.81. The lowest BCUT2D eigenvalue weighted by molar-refractivity contribution is 0.0729. The van der Waals surface area contributed by atoms with Crippen molar-refractivity contribution in [3.63, 3.8) is 0 Å². The molecule has 0 bridgehead atoms. The molecule has 1 aliphatic rings. The monoisotopic (exact) mass is 253 g/mol. The molecule has 0 radical (unpaired) electrons. The normalized spacial score (nSPS) is 16.1. The van der Waals surface area contributed by atoms with Gasteiger partial charge in [0, 0.05) is 13.1 Å². The van der Waals surface area contributed by atoms with Crippen LogP contribution in [0.4, 0.5) is 5.82 Å². The lowest BCUT2D eigenvalue weighted by Crippen LogP contribution is -2.35. The molecule has 0 aromatic carbocycles. The summed E-state index contributed by atoms with van der Waals surface area (Å²) in [6.45, 7) is 0. The van der Waals surface area contributed by atoms with Gasteiger partial charge >= 0.3 is 0 Å². The Labute approximate surface area is 106 Å². The van der Waals surface area contributed by atoms with Crippen molar-refractivity contribution in [2.75, 3.05) is 12.8 Å². The standard InChI is InChI=1S/C12H16ClN3O/c1-16(8-4-2-3-5-8)12(17)11-9(13)6-7-10(14)15-11/h6-8H,2-5H2,1H3,(H2,14,15). The van der Waals surface area contributed by atoms with Crippen LogP contribution >= 0.6 is 11.6 Å². The molecule has 1 aromatic heterocycles. The molecule has 1 amide bonds. The molecule has 2 rings (SSSR count). The van der Waals surface area contributed by atoms with E-state index in [9.17, 15) is 4.79 Å². The smallest absolute Gasteiger partial charge is 0.274 e. The number of hydrogen-bond acceptors (Lipinski definition) is 3. The maximum atomic E-state index is 12.2. The predicted octanol–water partition coefficient (Wildman–Crippen LogP) is 2.33. The number of nitrogens with zero attached hydrogens (tertiary/aromatic N) is 2. The van der Waals surface area contributed by atoms with Crippen molar-refractivity contribution in [3.8, 4) is 0 Å². The first-order valence-electron chi connectivity index (χ1n) is 5.79. The Hall–Kier alpha value is -1.29. The molecule has 1 aliphatic carbocycles. The van der Waals surface area contributed by atoms with Crippen molar-refractivity contribution in [2.24, 2.45) is 0 Å². The zero-order valence-electron chi connectivity index (χ0n) is 9.82. The van der Waals surface area contributed by atoms with Crippen molar-refractivity contribution in [1.82, 2.24) is 9.88 Å². The first-order chi connectivity index (χ1) is 8.09. The van der Waals surface area contributed by atoms with Gasteiger partial charge in [0.05, 0.1) is 5.02 Å². The predicted molar refractivity (Wildman–Crippen MR) is 68.0 cm³/mol. The number of halogens is 1. The summed E-state index contributed by atoms with van der Waals surface area (Å²) in [6.07, 6.45) is 4.48. The fraction of sp³-hybridized carbons (Fsp3) is 0.500. The van der Waals surface area contributed by atoms with Crippen molar-refractivity contribution in [2.45, 2.75) is 31.7 Å². The van der Waals surface area contributed by atoms with Gasteiger partial charge in [0.15, 0.2) is 0 Å². The summed E-state index contributed by atoms with van der Waals surface area (Å²) < 4.78 is 0. The molecule has 1 heterocycles. The molecule has 5 heteroatoms. The minimum atomic E-state index is -0.144. The van der Waals surface area contributed by atoms with E-state index in [0.29, 0.717) is 16.9 Å². The molecule has 2 N–H and O–H groups in total. The van der Waals surface area contributed by atoms with E-state index >= 15 is 0 Å². The van der Waals surface area contributed by atoms with Crippen LogP contribution in [0.1, 0.15) is 36.2 Å². The minimum absolute atomic E-state index is 0.144. The van der Waals surface area contributed by atoms with Crippen molar-refractivity contribution in [3.05, 3.63) is 22.8 Å². The highest BCUT2D eigenvalue weighted by molar-refractivity contribution is 6.33. The van der Waals surface area contributed by atoms with Crippen LogP contribution in [0.25, 0.3) is 0 Å². The van der Waals surface area contributed by atoms with E-state index in [1.807, 2.05) is 0 Å². The summed E-state index contributed by atoms with van der Waals surface area (Å²) >= 11 is 5.98. The van der Waals surface area contributed by atoms with Gasteiger partial charge in [-0.1, -0.05) is 24.4 Å². The molecule has 4 nitrogen and oxygen atoms in total. The van der Waals surface area contributed by atoms with E-state index in [2.05, 4.69) is 4.98 Å². The fourth-order valence-electron chi connectivity index (χ4n) is 2.23. The quantitative estimate of drug-likeness (QED) is 0.880. The Morgan fingerprint density at radius 2 is 2.12 bits per heavy atom. The average Bonchev–Trinajstić information content (AvgIpc) is 2.84. The molecule has 0 spiro atoms. The van der Waals surface area contributed by atoms with Gasteiger partial charge in [-0.15, -0.1) is 0 Å². The van der Waals surface area contributed by atoms with Crippen LogP contribution in [-0.4, -0.2) is 28.9 Å². The van der Waals surface area contributed by atoms with Gasteiger partial charge in [0.25, 0.3) is 5.91 Å². The number of nitrogen functional groups attached to an aromatic ring is 1. The Bertz CT molecular complexity index is 430. The Kier molecular flexibility index (Phi) is 3.52. The Morgan fingerprint density at radius 1 is 1.47 bits per heavy atom. The number of hydrogen-bond donors (Lipinski definition) is 1. The summed E-state index contributed by atoms with van der Waals surface area (Å²) in [5, 5.41) is 0.356. The van der Waals surface area contributed by atoms with E-state index in [-0.39, 0.29) is 11.6 Å². The number of anilines is 1. The summed E-state index contributed by atoms with van der Waals surface area (Å²) in [5.74, 6) is 0.173. The number of carbonyl (C=O) groups is 1. The second-order valence-electron chi connectivity index (χ2n) is 4.42. The van der Waals surface area contributed by atoms with E-state index in [1.54, 1.807) is 24.1 Å². The molecule has 17 heavy (non-hydrogen) atoms. The van der Waals surface area contributed by atoms with Crippen LogP contribution in [0.2, 0.25) is 5.02 Å². The lowest BCUT2D eigenvalue weighted by atomic mass is 10.2. The molecule has 0 unspecified atom stereocenters. The van der Waals surface area contributed by atoms with Gasteiger partial charge in [-0.05, 0) is 25.0 Å². The minimum Gasteiger partial charge on any atom is -0.384 e. The zero-order chi connectivity index (χ0) is 12.4. The highest BCUT2D eigenvalue weighted by atomic mass is 35.5. The summed E-state index contributed by atoms with van der Waals surface area (Å²) in [4.78, 5) is 18.0. The average molecular weight is 254 g/mol. The summed E-state index contributed by atoms with van der Waals surface area (Å²) in [5.41, 5.74) is 5.83. The number of rotatable bonds is 2. The van der Waals surface area contributed by atoms with E-state index in [0.717, 1.165) is 12.8 Å². The van der Waals surface area contributed by atoms with Crippen LogP contribution in [0.5, 0.6) is 0 Å². The maximum absolute atomic E-state index is 12.2. The highest BCUT2D eigenvalue weighted by Gasteiger charge is 2.26. The van der Waals surface area contributed by atoms with Gasteiger partial charge in [-0.25, -0.2) is 4.98 Å². The van der Waals surface area contributed by atoms with Crippen molar-refractivity contribution >= 4 is 23.3 Å². The zero-order valence-corrected chi connectivity index (χ0v) is 10.6.